The minimum atomic E-state index is -0.780. The monoisotopic (exact) mass is 354 g/mol. The van der Waals surface area contributed by atoms with Gasteiger partial charge >= 0.3 is 11.8 Å². The van der Waals surface area contributed by atoms with Gasteiger partial charge in [-0.15, -0.1) is 0 Å². The fraction of sp³-hybridized carbons (Fsp3) is 0.350. The van der Waals surface area contributed by atoms with Crippen molar-refractivity contribution < 1.29 is 9.59 Å². The molecular formula is C20H26N4O2. The van der Waals surface area contributed by atoms with E-state index in [2.05, 4.69) is 52.5 Å². The first kappa shape index (κ1) is 19.4. The summed E-state index contributed by atoms with van der Waals surface area (Å²) in [6.45, 7) is 11.8. The van der Waals surface area contributed by atoms with Crippen molar-refractivity contribution in [2.75, 3.05) is 0 Å². The molecule has 0 atom stereocenters. The highest BCUT2D eigenvalue weighted by Crippen LogP contribution is 2.21. The molecule has 0 radical (unpaired) electrons. The molecule has 0 saturated carbocycles. The smallest absolute Gasteiger partial charge is 0.329 e. The first-order chi connectivity index (χ1) is 12.2. The van der Waals surface area contributed by atoms with Crippen molar-refractivity contribution in [3.05, 3.63) is 52.3 Å². The van der Waals surface area contributed by atoms with Gasteiger partial charge in [0.1, 0.15) is 0 Å². The summed E-state index contributed by atoms with van der Waals surface area (Å²) in [6, 6.07) is 8.23. The summed E-state index contributed by atoms with van der Waals surface area (Å²) in [5.74, 6) is -1.48. The minimum absolute atomic E-state index is 0.103. The maximum Gasteiger partial charge on any atom is 0.329 e. The van der Waals surface area contributed by atoms with Crippen molar-refractivity contribution in [1.82, 2.24) is 15.3 Å². The first-order valence-corrected chi connectivity index (χ1v) is 8.61. The molecule has 0 unspecified atom stereocenters. The maximum absolute atomic E-state index is 11.7. The van der Waals surface area contributed by atoms with Gasteiger partial charge in [0.2, 0.25) is 0 Å². The van der Waals surface area contributed by atoms with Gasteiger partial charge in [-0.25, -0.2) is 5.43 Å². The van der Waals surface area contributed by atoms with E-state index in [0.717, 1.165) is 22.6 Å². The van der Waals surface area contributed by atoms with Crippen LogP contribution in [0.2, 0.25) is 0 Å². The van der Waals surface area contributed by atoms with Crippen molar-refractivity contribution in [1.29, 1.82) is 0 Å². The molecule has 0 aliphatic heterocycles. The zero-order chi connectivity index (χ0) is 19.4. The first-order valence-electron chi connectivity index (χ1n) is 8.61. The number of hydrazone groups is 1. The molecule has 138 valence electrons. The molecule has 0 saturated heterocycles. The lowest BCUT2D eigenvalue weighted by Crippen LogP contribution is -2.41. The van der Waals surface area contributed by atoms with Crippen LogP contribution in [0.5, 0.6) is 0 Å². The minimum Gasteiger partial charge on any atom is -0.346 e. The fourth-order valence-corrected chi connectivity index (χ4v) is 2.72. The van der Waals surface area contributed by atoms with Crippen LogP contribution in [0.3, 0.4) is 0 Å². The molecule has 0 bridgehead atoms. The van der Waals surface area contributed by atoms with Crippen LogP contribution in [-0.2, 0) is 9.59 Å². The molecule has 0 spiro atoms. The lowest BCUT2D eigenvalue weighted by molar-refractivity contribution is -0.139. The number of carbonyl (C=O) groups is 2. The van der Waals surface area contributed by atoms with Crippen LogP contribution in [0.15, 0.2) is 29.4 Å². The molecule has 0 aliphatic carbocycles. The zero-order valence-electron chi connectivity index (χ0n) is 16.2. The van der Waals surface area contributed by atoms with Gasteiger partial charge < -0.3 is 9.88 Å². The highest BCUT2D eigenvalue weighted by Gasteiger charge is 2.14. The number of benzene rings is 1. The van der Waals surface area contributed by atoms with Crippen molar-refractivity contribution >= 4 is 18.0 Å². The zero-order valence-corrected chi connectivity index (χ0v) is 16.2. The molecule has 2 amide bonds. The van der Waals surface area contributed by atoms with E-state index in [-0.39, 0.29) is 6.04 Å². The number of nitrogens with one attached hydrogen (secondary N) is 2. The number of aryl methyl sites for hydroxylation is 3. The summed E-state index contributed by atoms with van der Waals surface area (Å²) in [6.07, 6.45) is 1.56. The Morgan fingerprint density at radius 2 is 1.73 bits per heavy atom. The van der Waals surface area contributed by atoms with E-state index in [9.17, 15) is 9.59 Å². The highest BCUT2D eigenvalue weighted by atomic mass is 16.2. The van der Waals surface area contributed by atoms with Crippen LogP contribution in [0.4, 0.5) is 0 Å². The largest absolute Gasteiger partial charge is 0.346 e. The molecule has 2 rings (SSSR count). The number of hydrogen-bond donors (Lipinski definition) is 2. The lowest BCUT2D eigenvalue weighted by Gasteiger charge is -2.11. The van der Waals surface area contributed by atoms with Crippen molar-refractivity contribution in [3.63, 3.8) is 0 Å². The summed E-state index contributed by atoms with van der Waals surface area (Å²) in [4.78, 5) is 23.2. The van der Waals surface area contributed by atoms with Gasteiger partial charge in [-0.05, 0) is 70.9 Å². The Morgan fingerprint density at radius 3 is 2.35 bits per heavy atom. The average Bonchev–Trinajstić information content (AvgIpc) is 2.83. The summed E-state index contributed by atoms with van der Waals surface area (Å²) in [5.41, 5.74) is 8.78. The second kappa shape index (κ2) is 7.99. The SMILES string of the molecule is Cc1ccc(-n2c(C)cc(C=NNC(=O)C(=O)NC(C)C)c2C)cc1C. The third kappa shape index (κ3) is 4.39. The summed E-state index contributed by atoms with van der Waals surface area (Å²) in [7, 11) is 0. The average molecular weight is 354 g/mol. The van der Waals surface area contributed by atoms with E-state index in [1.165, 1.54) is 11.1 Å². The standard InChI is InChI=1S/C20H26N4O2/c1-12(2)22-19(25)20(26)23-21-11-17-10-15(5)24(16(17)6)18-8-7-13(3)14(4)9-18/h7-12H,1-6H3,(H,22,25)(H,23,26). The Kier molecular flexibility index (Phi) is 5.97. The van der Waals surface area contributed by atoms with E-state index < -0.39 is 11.8 Å². The van der Waals surface area contributed by atoms with Gasteiger partial charge in [0.25, 0.3) is 0 Å². The summed E-state index contributed by atoms with van der Waals surface area (Å²) >= 11 is 0. The maximum atomic E-state index is 11.7. The molecule has 1 aromatic carbocycles. The number of amides is 2. The number of hydrogen-bond acceptors (Lipinski definition) is 3. The Labute approximate surface area is 154 Å². The van der Waals surface area contributed by atoms with Gasteiger partial charge in [-0.2, -0.15) is 5.10 Å². The third-order valence-corrected chi connectivity index (χ3v) is 4.21. The van der Waals surface area contributed by atoms with Crippen molar-refractivity contribution in [3.8, 4) is 5.69 Å². The van der Waals surface area contributed by atoms with Crippen LogP contribution < -0.4 is 10.7 Å². The van der Waals surface area contributed by atoms with Gasteiger partial charge in [0.05, 0.1) is 6.21 Å². The van der Waals surface area contributed by atoms with Crippen molar-refractivity contribution in [2.24, 2.45) is 5.10 Å². The molecule has 1 aromatic heterocycles. The van der Waals surface area contributed by atoms with Crippen LogP contribution in [0.25, 0.3) is 5.69 Å². The molecule has 2 N–H and O–H groups in total. The van der Waals surface area contributed by atoms with Gasteiger partial charge in [0, 0.05) is 28.7 Å². The Morgan fingerprint density at radius 1 is 1.04 bits per heavy atom. The second-order valence-electron chi connectivity index (χ2n) is 6.76. The molecule has 1 heterocycles. The predicted octanol–water partition coefficient (Wildman–Crippen LogP) is 2.69. The van der Waals surface area contributed by atoms with E-state index in [4.69, 9.17) is 0 Å². The Bertz CT molecular complexity index is 863. The quantitative estimate of drug-likeness (QED) is 0.503. The van der Waals surface area contributed by atoms with Crippen LogP contribution >= 0.6 is 0 Å². The molecule has 0 aliphatic rings. The Hall–Kier alpha value is -2.89. The van der Waals surface area contributed by atoms with Gasteiger partial charge in [0.15, 0.2) is 0 Å². The fourth-order valence-electron chi connectivity index (χ4n) is 2.72. The van der Waals surface area contributed by atoms with Gasteiger partial charge in [-0.1, -0.05) is 6.07 Å². The number of carbonyl (C=O) groups excluding carboxylic acids is 2. The van der Waals surface area contributed by atoms with Crippen LogP contribution in [0.1, 0.15) is 41.9 Å². The van der Waals surface area contributed by atoms with Crippen molar-refractivity contribution in [2.45, 2.75) is 47.6 Å². The number of nitrogens with zero attached hydrogens (tertiary/aromatic N) is 2. The van der Waals surface area contributed by atoms with Gasteiger partial charge in [-0.3, -0.25) is 9.59 Å². The van der Waals surface area contributed by atoms with E-state index in [1.807, 2.05) is 19.9 Å². The van der Waals surface area contributed by atoms with E-state index >= 15 is 0 Å². The highest BCUT2D eigenvalue weighted by molar-refractivity contribution is 6.35. The number of rotatable bonds is 4. The lowest BCUT2D eigenvalue weighted by atomic mass is 10.1. The molecular weight excluding hydrogens is 328 g/mol. The third-order valence-electron chi connectivity index (χ3n) is 4.21. The molecule has 26 heavy (non-hydrogen) atoms. The number of aromatic nitrogens is 1. The topological polar surface area (TPSA) is 75.5 Å². The normalized spacial score (nSPS) is 11.2. The summed E-state index contributed by atoms with van der Waals surface area (Å²) in [5, 5.41) is 6.43. The van der Waals surface area contributed by atoms with E-state index in [0.29, 0.717) is 0 Å². The van der Waals surface area contributed by atoms with Crippen LogP contribution in [0, 0.1) is 27.7 Å². The van der Waals surface area contributed by atoms with E-state index in [1.54, 1.807) is 20.1 Å². The van der Waals surface area contributed by atoms with Crippen LogP contribution in [-0.4, -0.2) is 28.6 Å². The molecule has 0 fully saturated rings. The second-order valence-corrected chi connectivity index (χ2v) is 6.76. The molecule has 6 nitrogen and oxygen atoms in total. The Balaban J connectivity index is 2.18. The molecule has 2 aromatic rings. The summed E-state index contributed by atoms with van der Waals surface area (Å²) < 4.78 is 2.14. The molecule has 6 heteroatoms. The predicted molar refractivity (Wildman–Crippen MR) is 104 cm³/mol.